The van der Waals surface area contributed by atoms with Crippen molar-refractivity contribution in [2.75, 3.05) is 12.8 Å². The van der Waals surface area contributed by atoms with Crippen LogP contribution < -0.4 is 15.8 Å². The first kappa shape index (κ1) is 22.8. The Balaban J connectivity index is 1.41. The molecule has 3 heterocycles. The van der Waals surface area contributed by atoms with Crippen molar-refractivity contribution in [1.29, 1.82) is 0 Å². The van der Waals surface area contributed by atoms with Crippen LogP contribution in [0.5, 0.6) is 5.88 Å². The normalized spacial score (nSPS) is 17.9. The molecule has 35 heavy (non-hydrogen) atoms. The molecule has 4 aromatic rings. The Kier molecular flexibility index (Phi) is 6.07. The number of aryl methyl sites for hydroxylation is 1. The fourth-order valence-electron chi connectivity index (χ4n) is 5.00. The highest BCUT2D eigenvalue weighted by Gasteiger charge is 2.26. The topological polar surface area (TPSA) is 107 Å². The van der Waals surface area contributed by atoms with Crippen molar-refractivity contribution in [2.45, 2.75) is 44.6 Å². The minimum Gasteiger partial charge on any atom is -0.480 e. The quantitative estimate of drug-likeness (QED) is 0.447. The summed E-state index contributed by atoms with van der Waals surface area (Å²) in [4.78, 5) is 21.8. The maximum absolute atomic E-state index is 13.4. The van der Waals surface area contributed by atoms with E-state index in [2.05, 4.69) is 20.4 Å². The molecule has 1 aromatic carbocycles. The third kappa shape index (κ3) is 4.41. The highest BCUT2D eigenvalue weighted by Crippen LogP contribution is 2.34. The number of hydrogen-bond acceptors (Lipinski definition) is 6. The number of carbonyl (C=O) groups excluding carboxylic acids is 1. The number of nitrogens with two attached hydrogens (primary N) is 1. The van der Waals surface area contributed by atoms with Crippen molar-refractivity contribution in [3.63, 3.8) is 0 Å². The molecule has 0 unspecified atom stereocenters. The number of benzene rings is 1. The lowest BCUT2D eigenvalue weighted by Crippen LogP contribution is -2.38. The highest BCUT2D eigenvalue weighted by molar-refractivity contribution is 5.97. The number of nitrogens with zero attached hydrogens (tertiary/aromatic N) is 4. The molecular weight excluding hydrogens is 447 g/mol. The molecule has 5 rings (SSSR count). The first-order valence-corrected chi connectivity index (χ1v) is 11.6. The molecule has 1 aliphatic rings. The number of amides is 1. The Morgan fingerprint density at radius 2 is 2.00 bits per heavy atom. The SMILES string of the molecule is COc1ncc(-c2cc(C)c3c(N)ncnn23)cc1C(=O)N[C@H]1CCC[C@@H](c2ccc(F)cc2)C1. The van der Waals surface area contributed by atoms with Crippen LogP contribution in [0.25, 0.3) is 16.8 Å². The fourth-order valence-corrected chi connectivity index (χ4v) is 5.00. The molecule has 1 fully saturated rings. The lowest BCUT2D eigenvalue weighted by molar-refractivity contribution is 0.0921. The Hall–Kier alpha value is -4.01. The van der Waals surface area contributed by atoms with Crippen LogP contribution in [-0.2, 0) is 0 Å². The molecule has 0 radical (unpaired) electrons. The van der Waals surface area contributed by atoms with E-state index in [1.165, 1.54) is 25.6 Å². The zero-order chi connectivity index (χ0) is 24.5. The lowest BCUT2D eigenvalue weighted by Gasteiger charge is -2.30. The summed E-state index contributed by atoms with van der Waals surface area (Å²) in [7, 11) is 1.49. The van der Waals surface area contributed by atoms with E-state index in [0.29, 0.717) is 16.9 Å². The second-order valence-corrected chi connectivity index (χ2v) is 8.98. The maximum Gasteiger partial charge on any atom is 0.257 e. The number of hydrogen-bond donors (Lipinski definition) is 2. The minimum absolute atomic E-state index is 0.00331. The largest absolute Gasteiger partial charge is 0.480 e. The van der Waals surface area contributed by atoms with E-state index in [4.69, 9.17) is 10.5 Å². The zero-order valence-electron chi connectivity index (χ0n) is 19.7. The van der Waals surface area contributed by atoms with Crippen LogP contribution in [0.4, 0.5) is 10.2 Å². The molecule has 0 saturated heterocycles. The van der Waals surface area contributed by atoms with Gasteiger partial charge in [0, 0.05) is 17.8 Å². The third-order valence-corrected chi connectivity index (χ3v) is 6.71. The Morgan fingerprint density at radius 1 is 1.20 bits per heavy atom. The number of carbonyl (C=O) groups is 1. The van der Waals surface area contributed by atoms with Gasteiger partial charge in [-0.05, 0) is 67.5 Å². The number of nitrogen functional groups attached to an aromatic ring is 1. The van der Waals surface area contributed by atoms with Gasteiger partial charge in [0.2, 0.25) is 5.88 Å². The summed E-state index contributed by atoms with van der Waals surface area (Å²) < 4.78 is 20.4. The molecule has 0 aliphatic heterocycles. The van der Waals surface area contributed by atoms with Crippen LogP contribution >= 0.6 is 0 Å². The summed E-state index contributed by atoms with van der Waals surface area (Å²) in [5.41, 5.74) is 10.6. The number of methoxy groups -OCH3 is 1. The molecule has 3 N–H and O–H groups in total. The van der Waals surface area contributed by atoms with Crippen molar-refractivity contribution in [2.24, 2.45) is 0 Å². The number of fused-ring (bicyclic) bond motifs is 1. The summed E-state index contributed by atoms with van der Waals surface area (Å²) in [6, 6.07) is 10.4. The first-order valence-electron chi connectivity index (χ1n) is 11.6. The molecule has 8 nitrogen and oxygen atoms in total. The van der Waals surface area contributed by atoms with Crippen LogP contribution in [0.1, 0.15) is 53.1 Å². The lowest BCUT2D eigenvalue weighted by atomic mass is 9.81. The van der Waals surface area contributed by atoms with Gasteiger partial charge in [-0.25, -0.2) is 18.9 Å². The number of ether oxygens (including phenoxy) is 1. The van der Waals surface area contributed by atoms with E-state index in [1.54, 1.807) is 16.8 Å². The van der Waals surface area contributed by atoms with Gasteiger partial charge in [0.15, 0.2) is 5.82 Å². The van der Waals surface area contributed by atoms with Crippen LogP contribution in [-0.4, -0.2) is 38.6 Å². The molecule has 1 saturated carbocycles. The van der Waals surface area contributed by atoms with Crippen molar-refractivity contribution >= 4 is 17.2 Å². The second kappa shape index (κ2) is 9.32. The molecule has 2 atom stereocenters. The van der Waals surface area contributed by atoms with Gasteiger partial charge >= 0.3 is 0 Å². The van der Waals surface area contributed by atoms with Gasteiger partial charge in [-0.3, -0.25) is 4.79 Å². The average molecular weight is 475 g/mol. The van der Waals surface area contributed by atoms with Gasteiger partial charge in [0.05, 0.1) is 12.8 Å². The van der Waals surface area contributed by atoms with Crippen LogP contribution in [0, 0.1) is 12.7 Å². The van der Waals surface area contributed by atoms with Crippen molar-refractivity contribution in [3.05, 3.63) is 71.4 Å². The van der Waals surface area contributed by atoms with Gasteiger partial charge < -0.3 is 15.8 Å². The van der Waals surface area contributed by atoms with Gasteiger partial charge in [-0.15, -0.1) is 0 Å². The van der Waals surface area contributed by atoms with Crippen molar-refractivity contribution in [3.8, 4) is 17.1 Å². The highest BCUT2D eigenvalue weighted by atomic mass is 19.1. The van der Waals surface area contributed by atoms with Gasteiger partial charge in [0.25, 0.3) is 5.91 Å². The summed E-state index contributed by atoms with van der Waals surface area (Å²) in [6.45, 7) is 1.93. The monoisotopic (exact) mass is 474 g/mol. The molecule has 9 heteroatoms. The van der Waals surface area contributed by atoms with Gasteiger partial charge in [-0.2, -0.15) is 5.10 Å². The predicted octanol–water partition coefficient (Wildman–Crippen LogP) is 4.29. The van der Waals surface area contributed by atoms with E-state index in [-0.39, 0.29) is 29.6 Å². The molecular formula is C26H27FN6O2. The molecule has 1 amide bonds. The molecule has 1 aliphatic carbocycles. The van der Waals surface area contributed by atoms with Gasteiger partial charge in [-0.1, -0.05) is 18.6 Å². The second-order valence-electron chi connectivity index (χ2n) is 8.98. The van der Waals surface area contributed by atoms with E-state index < -0.39 is 0 Å². The number of rotatable bonds is 5. The van der Waals surface area contributed by atoms with E-state index in [9.17, 15) is 9.18 Å². The van der Waals surface area contributed by atoms with Crippen LogP contribution in [0.15, 0.2) is 48.9 Å². The number of anilines is 1. The third-order valence-electron chi connectivity index (χ3n) is 6.71. The fraction of sp³-hybridized carbons (Fsp3) is 0.308. The predicted molar refractivity (Wildman–Crippen MR) is 131 cm³/mol. The average Bonchev–Trinajstić information content (AvgIpc) is 3.21. The Bertz CT molecular complexity index is 1380. The zero-order valence-corrected chi connectivity index (χ0v) is 19.7. The summed E-state index contributed by atoms with van der Waals surface area (Å²) in [5.74, 6) is 0.433. The maximum atomic E-state index is 13.4. The standard InChI is InChI=1S/C26H27FN6O2/c1-15-10-22(33-23(15)24(28)30-14-31-33)18-12-21(26(35-2)29-13-18)25(34)32-20-5-3-4-17(11-20)16-6-8-19(27)9-7-16/h6-10,12-14,17,20H,3-5,11H2,1-2H3,(H,32,34)(H2,28,30,31)/t17-,20+/m1/s1. The smallest absolute Gasteiger partial charge is 0.257 e. The Morgan fingerprint density at radius 3 is 2.77 bits per heavy atom. The van der Waals surface area contributed by atoms with E-state index >= 15 is 0 Å². The van der Waals surface area contributed by atoms with Crippen molar-refractivity contribution < 1.29 is 13.9 Å². The molecule has 0 spiro atoms. The Labute approximate surface area is 202 Å². The first-order chi connectivity index (χ1) is 16.9. The summed E-state index contributed by atoms with van der Waals surface area (Å²) >= 11 is 0. The van der Waals surface area contributed by atoms with E-state index in [1.807, 2.05) is 25.1 Å². The number of pyridine rings is 1. The summed E-state index contributed by atoms with van der Waals surface area (Å²) in [6.07, 6.45) is 6.74. The van der Waals surface area contributed by atoms with E-state index in [0.717, 1.165) is 48.0 Å². The minimum atomic E-state index is -0.243. The molecule has 3 aromatic heterocycles. The van der Waals surface area contributed by atoms with Crippen LogP contribution in [0.3, 0.4) is 0 Å². The molecule has 180 valence electrons. The van der Waals surface area contributed by atoms with Crippen molar-refractivity contribution in [1.82, 2.24) is 24.9 Å². The van der Waals surface area contributed by atoms with Crippen LogP contribution in [0.2, 0.25) is 0 Å². The van der Waals surface area contributed by atoms with Gasteiger partial charge in [0.1, 0.15) is 23.2 Å². The summed E-state index contributed by atoms with van der Waals surface area (Å²) in [5, 5.41) is 7.50. The number of nitrogens with one attached hydrogen (secondary N) is 1. The number of halogens is 1. The number of aromatic nitrogens is 4. The molecule has 0 bridgehead atoms.